The molecule has 0 saturated heterocycles. The first-order chi connectivity index (χ1) is 11.8. The van der Waals surface area contributed by atoms with Crippen molar-refractivity contribution in [2.75, 3.05) is 13.2 Å². The van der Waals surface area contributed by atoms with Crippen LogP contribution in [0.25, 0.3) is 10.8 Å². The molecule has 0 aliphatic carbocycles. The number of rotatable bonds is 7. The molecule has 0 spiro atoms. The molecule has 132 valence electrons. The maximum absolute atomic E-state index is 11.8. The van der Waals surface area contributed by atoms with Gasteiger partial charge in [-0.3, -0.25) is 14.4 Å². The zero-order valence-corrected chi connectivity index (χ0v) is 15.0. The molecule has 2 aromatic carbocycles. The Kier molecular flexibility index (Phi) is 6.35. The van der Waals surface area contributed by atoms with Crippen LogP contribution in [0.1, 0.15) is 6.92 Å². The first-order valence-corrected chi connectivity index (χ1v) is 8.25. The van der Waals surface area contributed by atoms with Crippen LogP contribution in [0.3, 0.4) is 0 Å². The molecule has 2 aromatic rings. The summed E-state index contributed by atoms with van der Waals surface area (Å²) in [4.78, 5) is 33.8. The summed E-state index contributed by atoms with van der Waals surface area (Å²) in [5, 5.41) is 15.1. The molecule has 0 heterocycles. The second-order valence-corrected chi connectivity index (χ2v) is 6.26. The Morgan fingerprint density at radius 2 is 1.84 bits per heavy atom. The molecule has 7 nitrogen and oxygen atoms in total. The SMILES string of the molecule is C[C@H](NC(=O)COc1ccc2cc(Br)ccc2c1)C(=O)NCC(=O)O. The highest BCUT2D eigenvalue weighted by atomic mass is 79.9. The minimum Gasteiger partial charge on any atom is -0.484 e. The predicted octanol–water partition coefficient (Wildman–Crippen LogP) is 1.69. The maximum atomic E-state index is 11.8. The number of nitrogens with one attached hydrogen (secondary N) is 2. The molecule has 3 N–H and O–H groups in total. The van der Waals surface area contributed by atoms with Gasteiger partial charge in [0, 0.05) is 4.47 Å². The van der Waals surface area contributed by atoms with Crippen LogP contribution in [-0.4, -0.2) is 42.1 Å². The third-order valence-electron chi connectivity index (χ3n) is 3.33. The van der Waals surface area contributed by atoms with E-state index in [0.29, 0.717) is 5.75 Å². The third kappa shape index (κ3) is 5.75. The van der Waals surface area contributed by atoms with E-state index in [1.807, 2.05) is 30.3 Å². The maximum Gasteiger partial charge on any atom is 0.322 e. The smallest absolute Gasteiger partial charge is 0.322 e. The highest BCUT2D eigenvalue weighted by Gasteiger charge is 2.16. The number of halogens is 1. The fraction of sp³-hybridized carbons (Fsp3) is 0.235. The van der Waals surface area contributed by atoms with Crippen molar-refractivity contribution >= 4 is 44.5 Å². The lowest BCUT2D eigenvalue weighted by Gasteiger charge is -2.14. The Bertz CT molecular complexity index is 809. The van der Waals surface area contributed by atoms with Gasteiger partial charge in [-0.1, -0.05) is 28.1 Å². The van der Waals surface area contributed by atoms with Gasteiger partial charge in [0.15, 0.2) is 6.61 Å². The van der Waals surface area contributed by atoms with Gasteiger partial charge in [-0.15, -0.1) is 0 Å². The van der Waals surface area contributed by atoms with Gasteiger partial charge in [-0.2, -0.15) is 0 Å². The van der Waals surface area contributed by atoms with Crippen LogP contribution >= 0.6 is 15.9 Å². The van der Waals surface area contributed by atoms with Gasteiger partial charge in [0.1, 0.15) is 18.3 Å². The molecule has 2 rings (SSSR count). The summed E-state index contributed by atoms with van der Waals surface area (Å²) < 4.78 is 6.41. The third-order valence-corrected chi connectivity index (χ3v) is 3.82. The predicted molar refractivity (Wildman–Crippen MR) is 95.4 cm³/mol. The van der Waals surface area contributed by atoms with E-state index in [-0.39, 0.29) is 6.61 Å². The largest absolute Gasteiger partial charge is 0.484 e. The Balaban J connectivity index is 1.86. The monoisotopic (exact) mass is 408 g/mol. The van der Waals surface area contributed by atoms with Crippen LogP contribution in [0.15, 0.2) is 40.9 Å². The van der Waals surface area contributed by atoms with Crippen molar-refractivity contribution in [2.45, 2.75) is 13.0 Å². The van der Waals surface area contributed by atoms with Crippen molar-refractivity contribution in [2.24, 2.45) is 0 Å². The average molecular weight is 409 g/mol. The van der Waals surface area contributed by atoms with E-state index in [9.17, 15) is 14.4 Å². The lowest BCUT2D eigenvalue weighted by molar-refractivity contribution is -0.138. The number of carbonyl (C=O) groups excluding carboxylic acids is 2. The van der Waals surface area contributed by atoms with Crippen LogP contribution in [0, 0.1) is 0 Å². The van der Waals surface area contributed by atoms with E-state index < -0.39 is 30.4 Å². The number of amides is 2. The first-order valence-electron chi connectivity index (χ1n) is 7.46. The lowest BCUT2D eigenvalue weighted by atomic mass is 10.1. The molecule has 0 radical (unpaired) electrons. The number of fused-ring (bicyclic) bond motifs is 1. The number of hydrogen-bond acceptors (Lipinski definition) is 4. The normalized spacial score (nSPS) is 11.6. The Hall–Kier alpha value is -2.61. The van der Waals surface area contributed by atoms with E-state index in [1.54, 1.807) is 6.07 Å². The van der Waals surface area contributed by atoms with E-state index in [1.165, 1.54) is 6.92 Å². The number of aliphatic carboxylic acids is 1. The van der Waals surface area contributed by atoms with Crippen molar-refractivity contribution in [3.63, 3.8) is 0 Å². The summed E-state index contributed by atoms with van der Waals surface area (Å²) in [6, 6.07) is 10.4. The van der Waals surface area contributed by atoms with Crippen molar-refractivity contribution in [3.8, 4) is 5.75 Å². The number of hydrogen-bond donors (Lipinski definition) is 3. The van der Waals surface area contributed by atoms with Crippen LogP contribution < -0.4 is 15.4 Å². The van der Waals surface area contributed by atoms with Crippen molar-refractivity contribution in [1.29, 1.82) is 0 Å². The fourth-order valence-corrected chi connectivity index (χ4v) is 2.48. The number of carboxylic acid groups (broad SMARTS) is 1. The molecule has 0 aliphatic heterocycles. The van der Waals surface area contributed by atoms with Gasteiger partial charge in [0.05, 0.1) is 0 Å². The highest BCUT2D eigenvalue weighted by Crippen LogP contribution is 2.24. The zero-order chi connectivity index (χ0) is 18.4. The van der Waals surface area contributed by atoms with E-state index in [4.69, 9.17) is 9.84 Å². The standard InChI is InChI=1S/C17H17BrN2O5/c1-10(17(24)19-8-16(22)23)20-15(21)9-25-14-5-3-11-6-13(18)4-2-12(11)7-14/h2-7,10H,8-9H2,1H3,(H,19,24)(H,20,21)(H,22,23)/t10-/m0/s1. The van der Waals surface area contributed by atoms with E-state index in [0.717, 1.165) is 15.2 Å². The van der Waals surface area contributed by atoms with Gasteiger partial charge in [0.25, 0.3) is 5.91 Å². The van der Waals surface area contributed by atoms with Crippen molar-refractivity contribution in [3.05, 3.63) is 40.9 Å². The van der Waals surface area contributed by atoms with E-state index >= 15 is 0 Å². The van der Waals surface area contributed by atoms with Crippen LogP contribution in [0.5, 0.6) is 5.75 Å². The topological polar surface area (TPSA) is 105 Å². The van der Waals surface area contributed by atoms with Gasteiger partial charge >= 0.3 is 5.97 Å². The number of ether oxygens (including phenoxy) is 1. The van der Waals surface area contributed by atoms with Gasteiger partial charge in [-0.25, -0.2) is 0 Å². The van der Waals surface area contributed by atoms with Crippen molar-refractivity contribution < 1.29 is 24.2 Å². The number of benzene rings is 2. The quantitative estimate of drug-likeness (QED) is 0.646. The molecular weight excluding hydrogens is 392 g/mol. The van der Waals surface area contributed by atoms with Crippen LogP contribution in [0.2, 0.25) is 0 Å². The van der Waals surface area contributed by atoms with E-state index in [2.05, 4.69) is 26.6 Å². The van der Waals surface area contributed by atoms with Gasteiger partial charge in [-0.05, 0) is 42.0 Å². The number of carbonyl (C=O) groups is 3. The molecule has 0 aromatic heterocycles. The summed E-state index contributed by atoms with van der Waals surface area (Å²) >= 11 is 3.40. The van der Waals surface area contributed by atoms with Crippen molar-refractivity contribution in [1.82, 2.24) is 10.6 Å². The summed E-state index contributed by atoms with van der Waals surface area (Å²) in [5.74, 6) is -1.67. The average Bonchev–Trinajstić information content (AvgIpc) is 2.57. The summed E-state index contributed by atoms with van der Waals surface area (Å²) in [5.41, 5.74) is 0. The first kappa shape index (κ1) is 18.7. The summed E-state index contributed by atoms with van der Waals surface area (Å²) in [6.07, 6.45) is 0. The second-order valence-electron chi connectivity index (χ2n) is 5.34. The molecule has 0 saturated carbocycles. The Morgan fingerprint density at radius 1 is 1.16 bits per heavy atom. The minimum absolute atomic E-state index is 0.251. The molecule has 0 bridgehead atoms. The van der Waals surface area contributed by atoms with Crippen LogP contribution in [0.4, 0.5) is 0 Å². The number of carboxylic acids is 1. The molecular formula is C17H17BrN2O5. The van der Waals surface area contributed by atoms with Gasteiger partial charge < -0.3 is 20.5 Å². The van der Waals surface area contributed by atoms with Crippen LogP contribution in [-0.2, 0) is 14.4 Å². The Morgan fingerprint density at radius 3 is 2.56 bits per heavy atom. The molecule has 8 heteroatoms. The summed E-state index contributed by atoms with van der Waals surface area (Å²) in [6.45, 7) is 0.713. The van der Waals surface area contributed by atoms with Gasteiger partial charge in [0.2, 0.25) is 5.91 Å². The molecule has 0 aliphatic rings. The molecule has 2 amide bonds. The molecule has 0 unspecified atom stereocenters. The summed E-state index contributed by atoms with van der Waals surface area (Å²) in [7, 11) is 0. The fourth-order valence-electron chi connectivity index (χ4n) is 2.10. The second kappa shape index (κ2) is 8.48. The highest BCUT2D eigenvalue weighted by molar-refractivity contribution is 9.10. The lowest BCUT2D eigenvalue weighted by Crippen LogP contribution is -2.47. The molecule has 1 atom stereocenters. The molecule has 25 heavy (non-hydrogen) atoms. The molecule has 0 fully saturated rings. The zero-order valence-electron chi connectivity index (χ0n) is 13.4. The Labute approximate surface area is 152 Å². The minimum atomic E-state index is -1.15.